The Bertz CT molecular complexity index is 591. The Morgan fingerprint density at radius 2 is 1.37 bits per heavy atom. The lowest BCUT2D eigenvalue weighted by atomic mass is 9.95. The maximum absolute atomic E-state index is 11.0. The van der Waals surface area contributed by atoms with Gasteiger partial charge in [-0.15, -0.1) is 0 Å². The first-order chi connectivity index (χ1) is 9.09. The van der Waals surface area contributed by atoms with Crippen molar-refractivity contribution in [2.75, 3.05) is 0 Å². The lowest BCUT2D eigenvalue weighted by Gasteiger charge is -2.09. The second kappa shape index (κ2) is 5.35. The molecule has 0 atom stereocenters. The monoisotopic (exact) mass is 256 g/mol. The first-order valence-corrected chi connectivity index (χ1v) is 5.70. The molecule has 2 aromatic carbocycles. The van der Waals surface area contributed by atoms with Crippen LogP contribution in [0.15, 0.2) is 54.6 Å². The summed E-state index contributed by atoms with van der Waals surface area (Å²) in [6.07, 6.45) is 0. The third-order valence-corrected chi connectivity index (χ3v) is 2.82. The van der Waals surface area contributed by atoms with Crippen molar-refractivity contribution in [3.63, 3.8) is 0 Å². The van der Waals surface area contributed by atoms with Crippen molar-refractivity contribution in [3.8, 4) is 11.1 Å². The van der Waals surface area contributed by atoms with Crippen LogP contribution in [0.3, 0.4) is 0 Å². The number of aliphatic carboxylic acids is 2. The quantitative estimate of drug-likeness (QED) is 0.824. The Morgan fingerprint density at radius 3 is 1.95 bits per heavy atom. The zero-order valence-corrected chi connectivity index (χ0v) is 9.98. The average Bonchev–Trinajstić information content (AvgIpc) is 2.39. The van der Waals surface area contributed by atoms with Crippen molar-refractivity contribution in [3.05, 3.63) is 60.2 Å². The van der Waals surface area contributed by atoms with Gasteiger partial charge in [0.2, 0.25) is 0 Å². The average molecular weight is 256 g/mol. The zero-order chi connectivity index (χ0) is 13.8. The molecule has 19 heavy (non-hydrogen) atoms. The summed E-state index contributed by atoms with van der Waals surface area (Å²) in [6, 6.07) is 16.0. The zero-order valence-electron chi connectivity index (χ0n) is 9.98. The van der Waals surface area contributed by atoms with Crippen LogP contribution in [0.2, 0.25) is 0 Å². The van der Waals surface area contributed by atoms with Crippen LogP contribution in [0.25, 0.3) is 11.1 Å². The minimum absolute atomic E-state index is 0.265. The molecule has 4 nitrogen and oxygen atoms in total. The molecule has 0 aliphatic carbocycles. The van der Waals surface area contributed by atoms with Gasteiger partial charge in [-0.3, -0.25) is 9.59 Å². The fourth-order valence-electron chi connectivity index (χ4n) is 1.92. The van der Waals surface area contributed by atoms with Crippen molar-refractivity contribution in [1.82, 2.24) is 0 Å². The molecule has 0 aliphatic heterocycles. The van der Waals surface area contributed by atoms with Gasteiger partial charge in [0, 0.05) is 0 Å². The van der Waals surface area contributed by atoms with Gasteiger partial charge in [-0.25, -0.2) is 0 Å². The molecule has 0 spiro atoms. The van der Waals surface area contributed by atoms with E-state index in [2.05, 4.69) is 0 Å². The minimum atomic E-state index is -1.54. The number of carbonyl (C=O) groups is 2. The normalized spacial score (nSPS) is 10.4. The van der Waals surface area contributed by atoms with Crippen LogP contribution in [0, 0.1) is 0 Å². The van der Waals surface area contributed by atoms with Gasteiger partial charge in [-0.05, 0) is 22.8 Å². The van der Waals surface area contributed by atoms with Crippen LogP contribution in [-0.4, -0.2) is 22.2 Å². The highest BCUT2D eigenvalue weighted by Crippen LogP contribution is 2.24. The van der Waals surface area contributed by atoms with Gasteiger partial charge in [-0.1, -0.05) is 48.5 Å². The summed E-state index contributed by atoms with van der Waals surface area (Å²) in [5.74, 6) is -4.26. The summed E-state index contributed by atoms with van der Waals surface area (Å²) < 4.78 is 0. The fraction of sp³-hybridized carbons (Fsp3) is 0.0667. The number of hydrogen-bond donors (Lipinski definition) is 2. The summed E-state index contributed by atoms with van der Waals surface area (Å²) >= 11 is 0. The van der Waals surface area contributed by atoms with Crippen molar-refractivity contribution >= 4 is 11.9 Å². The number of carboxylic acids is 2. The third kappa shape index (κ3) is 2.80. The highest BCUT2D eigenvalue weighted by Gasteiger charge is 2.27. The van der Waals surface area contributed by atoms with Gasteiger partial charge in [0.1, 0.15) is 0 Å². The summed E-state index contributed by atoms with van der Waals surface area (Å²) in [7, 11) is 0. The van der Waals surface area contributed by atoms with Gasteiger partial charge in [-0.2, -0.15) is 0 Å². The van der Waals surface area contributed by atoms with Crippen LogP contribution < -0.4 is 0 Å². The highest BCUT2D eigenvalue weighted by atomic mass is 16.4. The highest BCUT2D eigenvalue weighted by molar-refractivity contribution is 5.99. The van der Waals surface area contributed by atoms with Gasteiger partial charge < -0.3 is 10.2 Å². The summed E-state index contributed by atoms with van der Waals surface area (Å²) in [6.45, 7) is 0. The van der Waals surface area contributed by atoms with Gasteiger partial charge in [0.25, 0.3) is 0 Å². The summed E-state index contributed by atoms with van der Waals surface area (Å²) in [4.78, 5) is 22.0. The molecule has 0 aliphatic rings. The van der Waals surface area contributed by atoms with Gasteiger partial charge >= 0.3 is 11.9 Å². The summed E-state index contributed by atoms with van der Waals surface area (Å²) in [5, 5.41) is 18.0. The number of carboxylic acid groups (broad SMARTS) is 2. The van der Waals surface area contributed by atoms with Gasteiger partial charge in [0.15, 0.2) is 5.92 Å². The maximum Gasteiger partial charge on any atom is 0.322 e. The molecule has 96 valence electrons. The molecule has 2 rings (SSSR count). The standard InChI is InChI=1S/C15H12O4/c16-14(17)13(15(18)19)12-8-4-7-11(9-12)10-5-2-1-3-6-10/h1-9,13H,(H,16,17)(H,18,19). The molecule has 4 heteroatoms. The van der Waals surface area contributed by atoms with Gasteiger partial charge in [0.05, 0.1) is 0 Å². The lowest BCUT2D eigenvalue weighted by molar-refractivity contribution is -0.150. The topological polar surface area (TPSA) is 74.6 Å². The molecule has 2 N–H and O–H groups in total. The number of rotatable bonds is 4. The molecule has 0 aromatic heterocycles. The first-order valence-electron chi connectivity index (χ1n) is 5.70. The van der Waals surface area contributed by atoms with E-state index in [-0.39, 0.29) is 5.56 Å². The smallest absolute Gasteiger partial charge is 0.322 e. The molecular weight excluding hydrogens is 244 g/mol. The van der Waals surface area contributed by atoms with Crippen molar-refractivity contribution in [2.24, 2.45) is 0 Å². The lowest BCUT2D eigenvalue weighted by Crippen LogP contribution is -2.20. The molecule has 0 unspecified atom stereocenters. The minimum Gasteiger partial charge on any atom is -0.480 e. The van der Waals surface area contributed by atoms with E-state index >= 15 is 0 Å². The fourth-order valence-corrected chi connectivity index (χ4v) is 1.92. The van der Waals surface area contributed by atoms with E-state index in [1.165, 1.54) is 6.07 Å². The van der Waals surface area contributed by atoms with E-state index in [4.69, 9.17) is 10.2 Å². The Labute approximate surface area is 109 Å². The van der Waals surface area contributed by atoms with Crippen LogP contribution in [0.1, 0.15) is 11.5 Å². The maximum atomic E-state index is 11.0. The molecular formula is C15H12O4. The van der Waals surface area contributed by atoms with Crippen molar-refractivity contribution in [1.29, 1.82) is 0 Å². The Morgan fingerprint density at radius 1 is 0.789 bits per heavy atom. The van der Waals surface area contributed by atoms with Crippen LogP contribution in [0.4, 0.5) is 0 Å². The van der Waals surface area contributed by atoms with Crippen LogP contribution in [-0.2, 0) is 9.59 Å². The predicted molar refractivity (Wildman–Crippen MR) is 69.9 cm³/mol. The number of hydrogen-bond acceptors (Lipinski definition) is 2. The van der Waals surface area contributed by atoms with E-state index in [0.717, 1.165) is 11.1 Å². The second-order valence-electron chi connectivity index (χ2n) is 4.10. The Hall–Kier alpha value is -2.62. The van der Waals surface area contributed by atoms with Crippen molar-refractivity contribution < 1.29 is 19.8 Å². The first kappa shape index (κ1) is 12.8. The Kier molecular flexibility index (Phi) is 3.61. The van der Waals surface area contributed by atoms with E-state index in [1.54, 1.807) is 12.1 Å². The van der Waals surface area contributed by atoms with Crippen LogP contribution in [0.5, 0.6) is 0 Å². The Balaban J connectivity index is 2.45. The summed E-state index contributed by atoms with van der Waals surface area (Å²) in [5.41, 5.74) is 1.98. The molecule has 0 amide bonds. The number of benzene rings is 2. The van der Waals surface area contributed by atoms with E-state index in [9.17, 15) is 9.59 Å². The molecule has 0 saturated carbocycles. The van der Waals surface area contributed by atoms with E-state index < -0.39 is 17.9 Å². The largest absolute Gasteiger partial charge is 0.480 e. The molecule has 0 radical (unpaired) electrons. The van der Waals surface area contributed by atoms with E-state index in [1.807, 2.05) is 36.4 Å². The van der Waals surface area contributed by atoms with E-state index in [0.29, 0.717) is 0 Å². The van der Waals surface area contributed by atoms with Crippen molar-refractivity contribution in [2.45, 2.75) is 5.92 Å². The van der Waals surface area contributed by atoms with Crippen LogP contribution >= 0.6 is 0 Å². The molecule has 0 bridgehead atoms. The molecule has 0 fully saturated rings. The second-order valence-corrected chi connectivity index (χ2v) is 4.10. The SMILES string of the molecule is O=C(O)C(C(=O)O)c1cccc(-c2ccccc2)c1. The predicted octanol–water partition coefficient (Wildman–Crippen LogP) is 2.61. The molecule has 0 saturated heterocycles. The third-order valence-electron chi connectivity index (χ3n) is 2.82. The molecule has 2 aromatic rings. The molecule has 0 heterocycles.